The zero-order valence-electron chi connectivity index (χ0n) is 15.1. The second kappa shape index (κ2) is 7.19. The molecule has 3 rings (SSSR count). The first-order chi connectivity index (χ1) is 13.0. The number of benzene rings is 1. The molecule has 0 bridgehead atoms. The summed E-state index contributed by atoms with van der Waals surface area (Å²) >= 11 is 0. The Hall–Kier alpha value is -2.43. The second-order valence-corrected chi connectivity index (χ2v) is 7.02. The van der Waals surface area contributed by atoms with E-state index in [-0.39, 0.29) is 37.5 Å². The van der Waals surface area contributed by atoms with Gasteiger partial charge in [0.2, 0.25) is 11.9 Å². The molecule has 1 aliphatic rings. The summed E-state index contributed by atoms with van der Waals surface area (Å²) in [7, 11) is 1.05. The van der Waals surface area contributed by atoms with Gasteiger partial charge >= 0.3 is 6.18 Å². The molecule has 1 unspecified atom stereocenters. The minimum atomic E-state index is -4.53. The molecule has 1 amide bonds. The Bertz CT molecular complexity index is 883. The molecule has 28 heavy (non-hydrogen) atoms. The highest BCUT2D eigenvalue weighted by Gasteiger charge is 2.39. The molecule has 11 heteroatoms. The number of alkyl halides is 4. The lowest BCUT2D eigenvalue weighted by molar-refractivity contribution is -0.158. The van der Waals surface area contributed by atoms with Gasteiger partial charge in [-0.2, -0.15) is 13.2 Å². The van der Waals surface area contributed by atoms with Crippen molar-refractivity contribution < 1.29 is 26.7 Å². The highest BCUT2D eigenvalue weighted by Crippen LogP contribution is 2.31. The van der Waals surface area contributed by atoms with Gasteiger partial charge in [0, 0.05) is 32.6 Å². The summed E-state index contributed by atoms with van der Waals surface area (Å²) in [4.78, 5) is 18.8. The molecule has 154 valence electrons. The SMILES string of the molecule is CN(CC(F)(F)F)C(=O)Cn1c(N2CCC(F)(CN)C2)nc2cc(F)ccc21. The molecule has 1 aliphatic heterocycles. The summed E-state index contributed by atoms with van der Waals surface area (Å²) in [5, 5.41) is 0. The molecule has 1 fully saturated rings. The van der Waals surface area contributed by atoms with Crippen molar-refractivity contribution >= 4 is 22.9 Å². The molecule has 0 radical (unpaired) electrons. The summed E-state index contributed by atoms with van der Waals surface area (Å²) < 4.78 is 67.2. The van der Waals surface area contributed by atoms with Gasteiger partial charge < -0.3 is 20.1 Å². The fourth-order valence-electron chi connectivity index (χ4n) is 3.27. The van der Waals surface area contributed by atoms with Gasteiger partial charge in [0.25, 0.3) is 0 Å². The lowest BCUT2D eigenvalue weighted by Gasteiger charge is -2.23. The van der Waals surface area contributed by atoms with Crippen molar-refractivity contribution in [1.82, 2.24) is 14.5 Å². The number of hydrogen-bond acceptors (Lipinski definition) is 4. The maximum atomic E-state index is 14.5. The first kappa shape index (κ1) is 20.3. The number of carbonyl (C=O) groups excluding carboxylic acids is 1. The Morgan fingerprint density at radius 1 is 1.39 bits per heavy atom. The summed E-state index contributed by atoms with van der Waals surface area (Å²) in [5.41, 5.74) is 4.45. The summed E-state index contributed by atoms with van der Waals surface area (Å²) in [5.74, 6) is -1.15. The van der Waals surface area contributed by atoms with Crippen molar-refractivity contribution in [1.29, 1.82) is 0 Å². The number of halogens is 5. The third-order valence-corrected chi connectivity index (χ3v) is 4.78. The molecule has 1 aromatic heterocycles. The number of likely N-dealkylation sites (N-methyl/N-ethyl adjacent to an activating group) is 1. The van der Waals surface area contributed by atoms with Crippen LogP contribution in [0.15, 0.2) is 18.2 Å². The van der Waals surface area contributed by atoms with Crippen molar-refractivity contribution in [3.8, 4) is 0 Å². The molecular formula is C17H20F5N5O. The predicted octanol–water partition coefficient (Wildman–Crippen LogP) is 2.07. The van der Waals surface area contributed by atoms with E-state index in [0.717, 1.165) is 19.2 Å². The van der Waals surface area contributed by atoms with Gasteiger partial charge in [-0.3, -0.25) is 4.79 Å². The number of aromatic nitrogens is 2. The standard InChI is InChI=1S/C17H20F5N5O/c1-25(10-17(20,21)22)14(28)7-27-13-3-2-11(18)6-12(13)24-15(27)26-5-4-16(19,8-23)9-26/h2-3,6H,4-5,7-10,23H2,1H3. The van der Waals surface area contributed by atoms with Crippen LogP contribution in [0.4, 0.5) is 27.9 Å². The number of nitrogens with two attached hydrogens (primary N) is 1. The van der Waals surface area contributed by atoms with E-state index in [1.165, 1.54) is 10.6 Å². The highest BCUT2D eigenvalue weighted by atomic mass is 19.4. The predicted molar refractivity (Wildman–Crippen MR) is 93.1 cm³/mol. The molecule has 0 saturated carbocycles. The number of hydrogen-bond donors (Lipinski definition) is 1. The van der Waals surface area contributed by atoms with Crippen LogP contribution in [0, 0.1) is 5.82 Å². The van der Waals surface area contributed by atoms with Crippen molar-refractivity contribution in [2.24, 2.45) is 5.73 Å². The fourth-order valence-corrected chi connectivity index (χ4v) is 3.27. The van der Waals surface area contributed by atoms with Crippen LogP contribution in [0.3, 0.4) is 0 Å². The third-order valence-electron chi connectivity index (χ3n) is 4.78. The van der Waals surface area contributed by atoms with Gasteiger partial charge in [-0.05, 0) is 12.1 Å². The molecule has 2 aromatic rings. The summed E-state index contributed by atoms with van der Waals surface area (Å²) in [6, 6.07) is 3.71. The van der Waals surface area contributed by atoms with Gasteiger partial charge in [0.05, 0.1) is 17.6 Å². The Kier molecular flexibility index (Phi) is 5.22. The van der Waals surface area contributed by atoms with E-state index in [1.807, 2.05) is 0 Å². The Balaban J connectivity index is 1.95. The molecular weight excluding hydrogens is 385 g/mol. The largest absolute Gasteiger partial charge is 0.406 e. The zero-order valence-corrected chi connectivity index (χ0v) is 15.1. The lowest BCUT2D eigenvalue weighted by Crippen LogP contribution is -2.39. The van der Waals surface area contributed by atoms with Crippen molar-refractivity contribution in [3.63, 3.8) is 0 Å². The summed E-state index contributed by atoms with van der Waals surface area (Å²) in [6.07, 6.45) is -4.37. The minimum Gasteiger partial charge on any atom is -0.339 e. The van der Waals surface area contributed by atoms with Crippen LogP contribution in [0.2, 0.25) is 0 Å². The van der Waals surface area contributed by atoms with Crippen LogP contribution in [0.1, 0.15) is 6.42 Å². The van der Waals surface area contributed by atoms with E-state index in [0.29, 0.717) is 10.4 Å². The number of anilines is 1. The molecule has 2 heterocycles. The van der Waals surface area contributed by atoms with Gasteiger partial charge in [-0.1, -0.05) is 0 Å². The number of rotatable bonds is 5. The van der Waals surface area contributed by atoms with E-state index >= 15 is 0 Å². The topological polar surface area (TPSA) is 67.4 Å². The molecule has 1 atom stereocenters. The van der Waals surface area contributed by atoms with Crippen LogP contribution in [0.5, 0.6) is 0 Å². The first-order valence-electron chi connectivity index (χ1n) is 8.62. The van der Waals surface area contributed by atoms with Crippen LogP contribution in [-0.2, 0) is 11.3 Å². The van der Waals surface area contributed by atoms with Gasteiger partial charge in [-0.25, -0.2) is 13.8 Å². The lowest BCUT2D eigenvalue weighted by atomic mass is 10.1. The molecule has 2 N–H and O–H groups in total. The zero-order chi connectivity index (χ0) is 20.7. The monoisotopic (exact) mass is 405 g/mol. The van der Waals surface area contributed by atoms with Gasteiger partial charge in [-0.15, -0.1) is 0 Å². The first-order valence-corrected chi connectivity index (χ1v) is 8.62. The number of nitrogens with zero attached hydrogens (tertiary/aromatic N) is 4. The highest BCUT2D eigenvalue weighted by molar-refractivity contribution is 5.83. The van der Waals surface area contributed by atoms with Crippen LogP contribution in [-0.4, -0.2) is 65.4 Å². The number of carbonyl (C=O) groups is 1. The molecule has 0 spiro atoms. The van der Waals surface area contributed by atoms with Crippen LogP contribution < -0.4 is 10.6 Å². The van der Waals surface area contributed by atoms with E-state index in [9.17, 15) is 26.7 Å². The molecule has 1 saturated heterocycles. The molecule has 6 nitrogen and oxygen atoms in total. The van der Waals surface area contributed by atoms with E-state index in [4.69, 9.17) is 5.73 Å². The van der Waals surface area contributed by atoms with E-state index in [2.05, 4.69) is 4.98 Å². The number of imidazole rings is 1. The normalized spacial score (nSPS) is 20.2. The van der Waals surface area contributed by atoms with Crippen LogP contribution in [0.25, 0.3) is 11.0 Å². The fraction of sp³-hybridized carbons (Fsp3) is 0.529. The van der Waals surface area contributed by atoms with Crippen molar-refractivity contribution in [2.75, 3.05) is 38.1 Å². The van der Waals surface area contributed by atoms with Crippen molar-refractivity contribution in [2.45, 2.75) is 24.8 Å². The second-order valence-electron chi connectivity index (χ2n) is 7.02. The van der Waals surface area contributed by atoms with E-state index in [1.54, 1.807) is 4.90 Å². The van der Waals surface area contributed by atoms with Crippen molar-refractivity contribution in [3.05, 3.63) is 24.0 Å². The van der Waals surface area contributed by atoms with Crippen LogP contribution >= 0.6 is 0 Å². The number of amides is 1. The smallest absolute Gasteiger partial charge is 0.339 e. The molecule has 1 aromatic carbocycles. The number of fused-ring (bicyclic) bond motifs is 1. The maximum Gasteiger partial charge on any atom is 0.406 e. The summed E-state index contributed by atoms with van der Waals surface area (Å²) in [6.45, 7) is -1.82. The Morgan fingerprint density at radius 3 is 2.71 bits per heavy atom. The average molecular weight is 405 g/mol. The quantitative estimate of drug-likeness (QED) is 0.774. The maximum absolute atomic E-state index is 14.5. The average Bonchev–Trinajstić information content (AvgIpc) is 3.15. The minimum absolute atomic E-state index is 0.0676. The van der Waals surface area contributed by atoms with E-state index < -0.39 is 36.7 Å². The molecule has 0 aliphatic carbocycles. The van der Waals surface area contributed by atoms with Gasteiger partial charge in [0.15, 0.2) is 0 Å². The third kappa shape index (κ3) is 4.18. The Morgan fingerprint density at radius 2 is 2.11 bits per heavy atom. The Labute approximate surface area is 157 Å². The van der Waals surface area contributed by atoms with Gasteiger partial charge in [0.1, 0.15) is 24.6 Å².